The Morgan fingerprint density at radius 2 is 2.06 bits per heavy atom. The lowest BCUT2D eigenvalue weighted by atomic mass is 10.2. The van der Waals surface area contributed by atoms with E-state index in [9.17, 15) is 5.26 Å². The average molecular weight is 420 g/mol. The number of nitrogens with one attached hydrogen (secondary N) is 1. The molecule has 10 nitrogen and oxygen atoms in total. The largest absolute Gasteiger partial charge is 0.471 e. The number of hydrogen-bond acceptors (Lipinski definition) is 9. The van der Waals surface area contributed by atoms with Gasteiger partial charge in [0, 0.05) is 36.8 Å². The van der Waals surface area contributed by atoms with Crippen LogP contribution in [0.25, 0.3) is 11.3 Å². The Bertz CT molecular complexity index is 1090. The van der Waals surface area contributed by atoms with Crippen molar-refractivity contribution in [2.24, 2.45) is 5.73 Å². The monoisotopic (exact) mass is 420 g/mol. The summed E-state index contributed by atoms with van der Waals surface area (Å²) in [6, 6.07) is 5.50. The summed E-state index contributed by atoms with van der Waals surface area (Å²) in [7, 11) is 1.59. The molecule has 31 heavy (non-hydrogen) atoms. The molecule has 3 aromatic rings. The van der Waals surface area contributed by atoms with Gasteiger partial charge in [-0.3, -0.25) is 4.68 Å². The zero-order valence-corrected chi connectivity index (χ0v) is 17.4. The van der Waals surface area contributed by atoms with Crippen LogP contribution in [0.1, 0.15) is 25.3 Å². The SMILES string of the molecule is COC[C@H](C)Oc1nc(-c2cnc(Nc3cnn(CC4(N)CC4)c3)nc2)ccc1C#N. The molecule has 10 heteroatoms. The molecule has 4 rings (SSSR count). The number of pyridine rings is 1. The summed E-state index contributed by atoms with van der Waals surface area (Å²) >= 11 is 0. The number of hydrogen-bond donors (Lipinski definition) is 2. The number of anilines is 2. The summed E-state index contributed by atoms with van der Waals surface area (Å²) < 4.78 is 12.7. The Kier molecular flexibility index (Phi) is 5.79. The highest BCUT2D eigenvalue weighted by molar-refractivity contribution is 5.61. The Balaban J connectivity index is 1.46. The first-order valence-corrected chi connectivity index (χ1v) is 9.95. The fourth-order valence-corrected chi connectivity index (χ4v) is 3.05. The molecule has 0 aromatic carbocycles. The number of aromatic nitrogens is 5. The van der Waals surface area contributed by atoms with Crippen molar-refractivity contribution in [1.29, 1.82) is 5.26 Å². The number of ether oxygens (including phenoxy) is 2. The first kappa shape index (κ1) is 20.7. The van der Waals surface area contributed by atoms with Crippen LogP contribution in [0.15, 0.2) is 36.9 Å². The fourth-order valence-electron chi connectivity index (χ4n) is 3.05. The smallest absolute Gasteiger partial charge is 0.232 e. The van der Waals surface area contributed by atoms with Gasteiger partial charge in [-0.25, -0.2) is 15.0 Å². The predicted molar refractivity (Wildman–Crippen MR) is 114 cm³/mol. The van der Waals surface area contributed by atoms with E-state index in [1.54, 1.807) is 37.8 Å². The van der Waals surface area contributed by atoms with Gasteiger partial charge in [0.15, 0.2) is 0 Å². The third-order valence-corrected chi connectivity index (χ3v) is 4.90. The number of rotatable bonds is 9. The van der Waals surface area contributed by atoms with Crippen molar-refractivity contribution in [1.82, 2.24) is 24.7 Å². The molecule has 0 amide bonds. The average Bonchev–Trinajstić information content (AvgIpc) is 3.32. The lowest BCUT2D eigenvalue weighted by molar-refractivity contribution is 0.0888. The predicted octanol–water partition coefficient (Wildman–Crippen LogP) is 2.26. The maximum Gasteiger partial charge on any atom is 0.232 e. The van der Waals surface area contributed by atoms with Crippen LogP contribution in [-0.4, -0.2) is 50.1 Å². The molecule has 1 fully saturated rings. The second-order valence-electron chi connectivity index (χ2n) is 7.75. The number of nitrogens with two attached hydrogens (primary N) is 1. The Hall–Kier alpha value is -3.55. The van der Waals surface area contributed by atoms with Gasteiger partial charge in [0.2, 0.25) is 11.8 Å². The zero-order chi connectivity index (χ0) is 21.8. The van der Waals surface area contributed by atoms with Gasteiger partial charge < -0.3 is 20.5 Å². The number of methoxy groups -OCH3 is 1. The molecule has 1 aliphatic rings. The maximum atomic E-state index is 9.32. The highest BCUT2D eigenvalue weighted by atomic mass is 16.5. The van der Waals surface area contributed by atoms with Crippen molar-refractivity contribution >= 4 is 11.6 Å². The van der Waals surface area contributed by atoms with Gasteiger partial charge >= 0.3 is 0 Å². The Morgan fingerprint density at radius 1 is 1.29 bits per heavy atom. The number of nitriles is 1. The molecular weight excluding hydrogens is 396 g/mol. The van der Waals surface area contributed by atoms with E-state index in [0.29, 0.717) is 35.9 Å². The van der Waals surface area contributed by atoms with Crippen LogP contribution in [0, 0.1) is 11.3 Å². The van der Waals surface area contributed by atoms with E-state index in [-0.39, 0.29) is 17.5 Å². The minimum atomic E-state index is -0.238. The molecule has 3 aromatic heterocycles. The van der Waals surface area contributed by atoms with Crippen molar-refractivity contribution in [2.75, 3.05) is 19.0 Å². The van der Waals surface area contributed by atoms with E-state index in [4.69, 9.17) is 15.2 Å². The molecule has 3 heterocycles. The first-order valence-electron chi connectivity index (χ1n) is 9.95. The molecule has 0 saturated heterocycles. The van der Waals surface area contributed by atoms with E-state index in [1.165, 1.54) is 0 Å². The summed E-state index contributed by atoms with van der Waals surface area (Å²) in [4.78, 5) is 13.2. The molecule has 0 aliphatic heterocycles. The van der Waals surface area contributed by atoms with Gasteiger partial charge in [-0.15, -0.1) is 0 Å². The van der Waals surface area contributed by atoms with Gasteiger partial charge in [-0.2, -0.15) is 10.4 Å². The van der Waals surface area contributed by atoms with Crippen LogP contribution in [-0.2, 0) is 11.3 Å². The molecular formula is C21H24N8O2. The van der Waals surface area contributed by atoms with E-state index < -0.39 is 0 Å². The molecule has 0 unspecified atom stereocenters. The zero-order valence-electron chi connectivity index (χ0n) is 17.4. The number of nitrogens with zero attached hydrogens (tertiary/aromatic N) is 6. The molecule has 0 bridgehead atoms. The lowest BCUT2D eigenvalue weighted by Crippen LogP contribution is -2.28. The molecule has 0 spiro atoms. The first-order chi connectivity index (χ1) is 15.0. The molecule has 1 aliphatic carbocycles. The van der Waals surface area contributed by atoms with Crippen LogP contribution in [0.3, 0.4) is 0 Å². The van der Waals surface area contributed by atoms with Crippen LogP contribution in [0.4, 0.5) is 11.6 Å². The summed E-state index contributed by atoms with van der Waals surface area (Å²) in [5.74, 6) is 0.698. The Labute approximate surface area is 180 Å². The molecule has 0 radical (unpaired) electrons. The van der Waals surface area contributed by atoms with Crippen LogP contribution >= 0.6 is 0 Å². The standard InChI is InChI=1S/C21H24N8O2/c1-14(12-30-2)31-19-15(7-22)3-4-18(28-19)16-8-24-20(25-9-16)27-17-10-26-29(11-17)13-21(23)5-6-21/h3-4,8-11,14H,5-6,12-13,23H2,1-2H3,(H,24,25,27)/t14-/m0/s1. The summed E-state index contributed by atoms with van der Waals surface area (Å²) in [5.41, 5.74) is 8.48. The highest BCUT2D eigenvalue weighted by Crippen LogP contribution is 2.33. The van der Waals surface area contributed by atoms with E-state index in [0.717, 1.165) is 18.5 Å². The minimum absolute atomic E-state index is 0.112. The lowest BCUT2D eigenvalue weighted by Gasteiger charge is -2.14. The van der Waals surface area contributed by atoms with Crippen molar-refractivity contribution in [3.63, 3.8) is 0 Å². The summed E-state index contributed by atoms with van der Waals surface area (Å²) in [6.07, 6.45) is 8.75. The quantitative estimate of drug-likeness (QED) is 0.534. The van der Waals surface area contributed by atoms with Gasteiger partial charge in [0.1, 0.15) is 17.7 Å². The van der Waals surface area contributed by atoms with E-state index in [1.807, 2.05) is 17.8 Å². The maximum absolute atomic E-state index is 9.32. The van der Waals surface area contributed by atoms with Crippen molar-refractivity contribution in [2.45, 2.75) is 38.0 Å². The Morgan fingerprint density at radius 3 is 2.74 bits per heavy atom. The fraction of sp³-hybridized carbons (Fsp3) is 0.381. The summed E-state index contributed by atoms with van der Waals surface area (Å²) in [6.45, 7) is 2.94. The van der Waals surface area contributed by atoms with Crippen molar-refractivity contribution < 1.29 is 9.47 Å². The van der Waals surface area contributed by atoms with Gasteiger partial charge in [0.05, 0.1) is 30.7 Å². The second-order valence-corrected chi connectivity index (χ2v) is 7.75. The van der Waals surface area contributed by atoms with Gasteiger partial charge in [-0.05, 0) is 31.9 Å². The third kappa shape index (κ3) is 5.14. The molecule has 3 N–H and O–H groups in total. The topological polar surface area (TPSA) is 137 Å². The minimum Gasteiger partial charge on any atom is -0.471 e. The summed E-state index contributed by atoms with van der Waals surface area (Å²) in [5, 5.41) is 16.8. The van der Waals surface area contributed by atoms with Gasteiger partial charge in [-0.1, -0.05) is 0 Å². The highest BCUT2D eigenvalue weighted by Gasteiger charge is 2.38. The molecule has 1 atom stereocenters. The van der Waals surface area contributed by atoms with Crippen molar-refractivity contribution in [3.05, 3.63) is 42.5 Å². The van der Waals surface area contributed by atoms with E-state index >= 15 is 0 Å². The van der Waals surface area contributed by atoms with Crippen LogP contribution < -0.4 is 15.8 Å². The third-order valence-electron chi connectivity index (χ3n) is 4.90. The second kappa shape index (κ2) is 8.67. The normalized spacial score (nSPS) is 15.2. The van der Waals surface area contributed by atoms with Gasteiger partial charge in [0.25, 0.3) is 0 Å². The van der Waals surface area contributed by atoms with Crippen LogP contribution in [0.2, 0.25) is 0 Å². The van der Waals surface area contributed by atoms with Crippen molar-refractivity contribution in [3.8, 4) is 23.2 Å². The van der Waals surface area contributed by atoms with E-state index in [2.05, 4.69) is 31.4 Å². The van der Waals surface area contributed by atoms with Crippen LogP contribution in [0.5, 0.6) is 5.88 Å². The molecule has 1 saturated carbocycles. The molecule has 160 valence electrons.